The van der Waals surface area contributed by atoms with Crippen LogP contribution in [0.2, 0.25) is 0 Å². The van der Waals surface area contributed by atoms with Crippen LogP contribution < -0.4 is 42.4 Å². The molecule has 0 amide bonds. The van der Waals surface area contributed by atoms with E-state index in [1.54, 1.807) is 0 Å². The average Bonchev–Trinajstić information content (AvgIpc) is 3.26. The average molecular weight is 739 g/mol. The Kier molecular flexibility index (Phi) is 10.2. The van der Waals surface area contributed by atoms with Crippen LogP contribution in [0.25, 0.3) is 0 Å². The lowest BCUT2D eigenvalue weighted by Gasteiger charge is -2.40. The number of hydrogen-bond donors (Lipinski definition) is 1. The van der Waals surface area contributed by atoms with Gasteiger partial charge in [-0.05, 0) is 72.8 Å². The summed E-state index contributed by atoms with van der Waals surface area (Å²) in [4.78, 5) is 15.0. The van der Waals surface area contributed by atoms with Gasteiger partial charge >= 0.3 is 0 Å². The van der Waals surface area contributed by atoms with E-state index in [2.05, 4.69) is 243 Å². The summed E-state index contributed by atoms with van der Waals surface area (Å²) in [6.45, 7) is 0. The van der Waals surface area contributed by atoms with Crippen LogP contribution in [0.15, 0.2) is 243 Å². The zero-order valence-corrected chi connectivity index (χ0v) is 32.1. The molecule has 8 rings (SSSR count). The third-order valence-electron chi connectivity index (χ3n) is 10.0. The second-order valence-corrected chi connectivity index (χ2v) is 23.4. The Morgan fingerprint density at radius 3 is 0.623 bits per heavy atom. The van der Waals surface area contributed by atoms with Crippen molar-refractivity contribution in [1.29, 1.82) is 0 Å². The van der Waals surface area contributed by atoms with Gasteiger partial charge in [0, 0.05) is 10.6 Å². The smallest absolute Gasteiger partial charge is 0.258 e. The van der Waals surface area contributed by atoms with Crippen molar-refractivity contribution in [2.24, 2.45) is 0 Å². The van der Waals surface area contributed by atoms with Gasteiger partial charge in [-0.3, -0.25) is 0 Å². The highest BCUT2D eigenvalue weighted by Gasteiger charge is 2.69. The Hall–Kier alpha value is -5.12. The molecule has 0 heterocycles. The number of rotatable bonds is 10. The highest BCUT2D eigenvalue weighted by atomic mass is 31.3. The van der Waals surface area contributed by atoms with Crippen molar-refractivity contribution in [3.63, 3.8) is 0 Å². The van der Waals surface area contributed by atoms with Crippen molar-refractivity contribution in [3.8, 4) is 0 Å². The molecule has 256 valence electrons. The van der Waals surface area contributed by atoms with Crippen LogP contribution in [0.3, 0.4) is 0 Å². The monoisotopic (exact) mass is 738 g/mol. The van der Waals surface area contributed by atoms with Crippen molar-refractivity contribution in [3.05, 3.63) is 243 Å². The molecular formula is C49H41OP3+2. The molecule has 1 nitrogen and oxygen atoms in total. The summed E-state index contributed by atoms with van der Waals surface area (Å²) >= 11 is 0. The molecule has 4 heteroatoms. The van der Waals surface area contributed by atoms with E-state index in [4.69, 9.17) is 0 Å². The molecule has 0 bridgehead atoms. The second-order valence-electron chi connectivity index (χ2n) is 13.0. The lowest BCUT2D eigenvalue weighted by molar-refractivity contribution is 0.641. The van der Waals surface area contributed by atoms with Crippen LogP contribution in [0.5, 0.6) is 0 Å². The van der Waals surface area contributed by atoms with Crippen molar-refractivity contribution in [2.45, 2.75) is 0 Å². The summed E-state index contributed by atoms with van der Waals surface area (Å²) in [5.74, 6) is 0. The predicted octanol–water partition coefficient (Wildman–Crippen LogP) is 8.64. The summed E-state index contributed by atoms with van der Waals surface area (Å²) in [7, 11) is -9.44. The number of hydrogen-bond acceptors (Lipinski definition) is 1. The van der Waals surface area contributed by atoms with E-state index < -0.39 is 21.6 Å². The van der Waals surface area contributed by atoms with E-state index >= 15 is 0 Å². The maximum absolute atomic E-state index is 15.0. The standard InChI is InChI=1S/C49H41OP3/c50-53(47-37-21-7-22-38-47,48-39-23-8-24-40-48)49(51(41-25-9-1-10-26-41,42-27-11-2-12-28-42)43-29-13-3-14-30-43)52(44-31-15-4-16-32-44,45-33-17-5-18-34-45)46-35-19-6-20-36-46/h1-40,50H/q+2. The Morgan fingerprint density at radius 1 is 0.264 bits per heavy atom. The van der Waals surface area contributed by atoms with Crippen molar-refractivity contribution >= 4 is 68.8 Å². The zero-order chi connectivity index (χ0) is 36.0. The Morgan fingerprint density at radius 2 is 0.434 bits per heavy atom. The Bertz CT molecular complexity index is 2060. The van der Waals surface area contributed by atoms with E-state index in [0.717, 1.165) is 10.6 Å². The first-order chi connectivity index (χ1) is 26.2. The molecule has 0 aromatic heterocycles. The van der Waals surface area contributed by atoms with Crippen LogP contribution in [-0.2, 0) is 0 Å². The lowest BCUT2D eigenvalue weighted by atomic mass is 10.4. The number of benzene rings is 8. The van der Waals surface area contributed by atoms with E-state index in [0.29, 0.717) is 0 Å². The van der Waals surface area contributed by atoms with Gasteiger partial charge in [-0.25, -0.2) is 0 Å². The minimum Gasteiger partial charge on any atom is -0.361 e. The summed E-state index contributed by atoms with van der Waals surface area (Å²) < 4.78 is 1.21. The fraction of sp³-hybridized carbons (Fsp3) is 0. The molecule has 1 N–H and O–H groups in total. The molecule has 0 saturated carbocycles. The minimum atomic E-state index is -3.50. The molecule has 0 radical (unpaired) electrons. The first kappa shape index (κ1) is 34.9. The summed E-state index contributed by atoms with van der Waals surface area (Å²) in [5.41, 5.74) is 0. The van der Waals surface area contributed by atoms with Crippen LogP contribution in [-0.4, -0.2) is 9.67 Å². The molecule has 0 fully saturated rings. The maximum atomic E-state index is 15.0. The van der Waals surface area contributed by atoms with E-state index in [1.807, 2.05) is 0 Å². The fourth-order valence-corrected chi connectivity index (χ4v) is 27.5. The van der Waals surface area contributed by atoms with Gasteiger partial charge < -0.3 is 4.89 Å². The normalized spacial score (nSPS) is 11.9. The molecule has 53 heavy (non-hydrogen) atoms. The molecule has 0 aliphatic heterocycles. The topological polar surface area (TPSA) is 20.2 Å². The van der Waals surface area contributed by atoms with Crippen LogP contribution in [0.4, 0.5) is 0 Å². The van der Waals surface area contributed by atoms with Crippen LogP contribution in [0.1, 0.15) is 0 Å². The Labute approximate surface area is 315 Å². The summed E-state index contributed by atoms with van der Waals surface area (Å²) in [6.07, 6.45) is 0. The largest absolute Gasteiger partial charge is 0.361 e. The lowest BCUT2D eigenvalue weighted by Crippen LogP contribution is -2.46. The highest BCUT2D eigenvalue weighted by Crippen LogP contribution is 2.79. The highest BCUT2D eigenvalue weighted by molar-refractivity contribution is 8.39. The molecule has 0 spiro atoms. The molecule has 0 atom stereocenters. The van der Waals surface area contributed by atoms with Gasteiger partial charge in [0.15, 0.2) is 14.5 Å². The molecule has 0 aliphatic carbocycles. The molecular weight excluding hydrogens is 697 g/mol. The third kappa shape index (κ3) is 6.05. The molecule has 0 unspecified atom stereocenters. The van der Waals surface area contributed by atoms with Gasteiger partial charge in [0.1, 0.15) is 38.9 Å². The predicted molar refractivity (Wildman–Crippen MR) is 237 cm³/mol. The Balaban J connectivity index is 1.80. The van der Waals surface area contributed by atoms with Gasteiger partial charge in [0.05, 0.1) is 0 Å². The van der Waals surface area contributed by atoms with Gasteiger partial charge in [0.2, 0.25) is 0 Å². The molecule has 0 saturated heterocycles. The first-order valence-electron chi connectivity index (χ1n) is 17.9. The zero-order valence-electron chi connectivity index (χ0n) is 29.4. The fourth-order valence-electron chi connectivity index (χ4n) is 7.82. The minimum absolute atomic E-state index is 0.945. The quantitative estimate of drug-likeness (QED) is 0.139. The summed E-state index contributed by atoms with van der Waals surface area (Å²) in [5, 5.41) is 9.17. The van der Waals surface area contributed by atoms with E-state index in [-0.39, 0.29) is 0 Å². The van der Waals surface area contributed by atoms with E-state index in [1.165, 1.54) is 36.6 Å². The van der Waals surface area contributed by atoms with Crippen molar-refractivity contribution in [1.82, 2.24) is 0 Å². The maximum Gasteiger partial charge on any atom is 0.258 e. The van der Waals surface area contributed by atoms with Gasteiger partial charge in [0.25, 0.3) is 4.78 Å². The SMILES string of the molecule is OP(=C([P+](c1ccccc1)(c1ccccc1)c1ccccc1)[P+](c1ccccc1)(c1ccccc1)c1ccccc1)(c1ccccc1)c1ccccc1. The molecule has 8 aromatic rings. The molecule has 8 aromatic carbocycles. The van der Waals surface area contributed by atoms with Gasteiger partial charge in [-0.2, -0.15) is 0 Å². The van der Waals surface area contributed by atoms with Crippen molar-refractivity contribution in [2.75, 3.05) is 0 Å². The van der Waals surface area contributed by atoms with E-state index in [9.17, 15) is 4.89 Å². The summed E-state index contributed by atoms with van der Waals surface area (Å²) in [6, 6.07) is 87.5. The van der Waals surface area contributed by atoms with Crippen molar-refractivity contribution < 1.29 is 4.89 Å². The van der Waals surface area contributed by atoms with Crippen LogP contribution in [0, 0.1) is 0 Å². The third-order valence-corrected chi connectivity index (χ3v) is 25.7. The second kappa shape index (κ2) is 15.5. The first-order valence-corrected chi connectivity index (χ1v) is 23.3. The molecule has 0 aliphatic rings. The van der Waals surface area contributed by atoms with Gasteiger partial charge in [-0.1, -0.05) is 170 Å². The van der Waals surface area contributed by atoms with Crippen LogP contribution >= 0.6 is 21.6 Å². The van der Waals surface area contributed by atoms with Gasteiger partial charge in [-0.15, -0.1) is 0 Å².